The van der Waals surface area contributed by atoms with E-state index in [0.717, 1.165) is 47.3 Å². The predicted molar refractivity (Wildman–Crippen MR) is 124 cm³/mol. The predicted octanol–water partition coefficient (Wildman–Crippen LogP) is 4.28. The molecule has 1 fully saturated rings. The summed E-state index contributed by atoms with van der Waals surface area (Å²) in [6, 6.07) is 20.8. The van der Waals surface area contributed by atoms with Crippen molar-refractivity contribution in [3.63, 3.8) is 0 Å². The lowest BCUT2D eigenvalue weighted by atomic mass is 10.2. The average Bonchev–Trinajstić information content (AvgIpc) is 3.20. The van der Waals surface area contributed by atoms with Gasteiger partial charge in [0.2, 0.25) is 0 Å². The summed E-state index contributed by atoms with van der Waals surface area (Å²) in [5, 5.41) is 0.673. The van der Waals surface area contributed by atoms with Gasteiger partial charge in [-0.15, -0.1) is 11.3 Å². The Morgan fingerprint density at radius 3 is 2.57 bits per heavy atom. The van der Waals surface area contributed by atoms with Crippen LogP contribution in [0, 0.1) is 6.92 Å². The van der Waals surface area contributed by atoms with Gasteiger partial charge in [-0.25, -0.2) is 4.98 Å². The van der Waals surface area contributed by atoms with Crippen LogP contribution in [0.15, 0.2) is 65.5 Å². The quantitative estimate of drug-likeness (QED) is 0.539. The molecule has 5 nitrogen and oxygen atoms in total. The summed E-state index contributed by atoms with van der Waals surface area (Å²) < 4.78 is 0. The summed E-state index contributed by atoms with van der Waals surface area (Å²) in [6.45, 7) is 6.67. The number of aromatic amines is 1. The topological polar surface area (TPSA) is 52.2 Å². The summed E-state index contributed by atoms with van der Waals surface area (Å²) in [5.41, 5.74) is 3.64. The van der Waals surface area contributed by atoms with E-state index in [4.69, 9.17) is 4.98 Å². The Balaban J connectivity index is 1.31. The zero-order valence-electron chi connectivity index (χ0n) is 17.0. The molecule has 0 radical (unpaired) electrons. The monoisotopic (exact) mass is 416 g/mol. The van der Waals surface area contributed by atoms with Gasteiger partial charge in [0.25, 0.3) is 5.56 Å². The number of thiophene rings is 1. The molecule has 152 valence electrons. The molecule has 30 heavy (non-hydrogen) atoms. The first kappa shape index (κ1) is 19.0. The number of benzene rings is 2. The highest BCUT2D eigenvalue weighted by Gasteiger charge is 2.19. The van der Waals surface area contributed by atoms with Gasteiger partial charge < -0.3 is 9.88 Å². The number of hydrogen-bond donors (Lipinski definition) is 1. The number of rotatable bonds is 4. The molecule has 4 aromatic rings. The van der Waals surface area contributed by atoms with E-state index >= 15 is 0 Å². The SMILES string of the molecule is Cc1cccc(N2CCN(Cc3nc4sc(-c5ccccc5)cc4c(=O)[nH]3)CC2)c1. The maximum Gasteiger partial charge on any atom is 0.259 e. The van der Waals surface area contributed by atoms with Crippen molar-refractivity contribution < 1.29 is 0 Å². The highest BCUT2D eigenvalue weighted by molar-refractivity contribution is 7.21. The lowest BCUT2D eigenvalue weighted by molar-refractivity contribution is 0.244. The standard InChI is InChI=1S/C24H24N4OS/c1-17-6-5-9-19(14-17)28-12-10-27(11-13-28)16-22-25-23(29)20-15-21(30-24(20)26-22)18-7-3-2-4-8-18/h2-9,14-15H,10-13,16H2,1H3,(H,25,26,29). The number of piperazine rings is 1. The number of nitrogens with one attached hydrogen (secondary N) is 1. The Bertz CT molecular complexity index is 1220. The van der Waals surface area contributed by atoms with E-state index in [0.29, 0.717) is 11.9 Å². The number of H-pyrrole nitrogens is 1. The van der Waals surface area contributed by atoms with Crippen LogP contribution in [0.2, 0.25) is 0 Å². The number of aryl methyl sites for hydroxylation is 1. The zero-order chi connectivity index (χ0) is 20.5. The lowest BCUT2D eigenvalue weighted by Crippen LogP contribution is -2.46. The third kappa shape index (κ3) is 3.88. The molecule has 0 aliphatic carbocycles. The van der Waals surface area contributed by atoms with Gasteiger partial charge in [-0.1, -0.05) is 42.5 Å². The van der Waals surface area contributed by atoms with Crippen molar-refractivity contribution in [3.8, 4) is 10.4 Å². The van der Waals surface area contributed by atoms with E-state index in [1.807, 2.05) is 24.3 Å². The Labute approximate surface area is 179 Å². The minimum absolute atomic E-state index is 0.0492. The maximum atomic E-state index is 12.6. The third-order valence-corrected chi connectivity index (χ3v) is 6.70. The number of nitrogens with zero attached hydrogens (tertiary/aromatic N) is 3. The first-order valence-corrected chi connectivity index (χ1v) is 11.1. The van der Waals surface area contributed by atoms with Gasteiger partial charge in [0.05, 0.1) is 11.9 Å². The summed E-state index contributed by atoms with van der Waals surface area (Å²) in [7, 11) is 0. The van der Waals surface area contributed by atoms with Gasteiger partial charge in [-0.2, -0.15) is 0 Å². The van der Waals surface area contributed by atoms with Gasteiger partial charge >= 0.3 is 0 Å². The van der Waals surface area contributed by atoms with Gasteiger partial charge in [-0.05, 0) is 36.2 Å². The van der Waals surface area contributed by atoms with Crippen LogP contribution >= 0.6 is 11.3 Å². The number of aromatic nitrogens is 2. The Morgan fingerprint density at radius 1 is 1.00 bits per heavy atom. The summed E-state index contributed by atoms with van der Waals surface area (Å²) in [4.78, 5) is 27.1. The van der Waals surface area contributed by atoms with Crippen molar-refractivity contribution in [1.82, 2.24) is 14.9 Å². The fourth-order valence-corrected chi connectivity index (χ4v) is 5.05. The van der Waals surface area contributed by atoms with E-state index in [2.05, 4.69) is 58.1 Å². The fraction of sp³-hybridized carbons (Fsp3) is 0.250. The Hall–Kier alpha value is -2.96. The first-order chi connectivity index (χ1) is 14.7. The molecule has 5 rings (SSSR count). The third-order valence-electron chi connectivity index (χ3n) is 5.62. The average molecular weight is 417 g/mol. The van der Waals surface area contributed by atoms with Crippen LogP contribution < -0.4 is 10.5 Å². The molecule has 1 N–H and O–H groups in total. The van der Waals surface area contributed by atoms with Crippen LogP contribution in [0.4, 0.5) is 5.69 Å². The largest absolute Gasteiger partial charge is 0.369 e. The molecule has 1 aliphatic rings. The minimum Gasteiger partial charge on any atom is -0.369 e. The second-order valence-corrected chi connectivity index (χ2v) is 8.84. The van der Waals surface area contributed by atoms with E-state index in [1.165, 1.54) is 11.3 Å². The van der Waals surface area contributed by atoms with Crippen molar-refractivity contribution >= 4 is 27.2 Å². The van der Waals surface area contributed by atoms with Gasteiger partial charge in [-0.3, -0.25) is 9.69 Å². The zero-order valence-corrected chi connectivity index (χ0v) is 17.8. The molecule has 0 amide bonds. The molecule has 0 unspecified atom stereocenters. The molecule has 0 atom stereocenters. The first-order valence-electron chi connectivity index (χ1n) is 10.3. The van der Waals surface area contributed by atoms with Gasteiger partial charge in [0.15, 0.2) is 0 Å². The molecule has 3 heterocycles. The molecule has 6 heteroatoms. The fourth-order valence-electron chi connectivity index (χ4n) is 4.00. The smallest absolute Gasteiger partial charge is 0.259 e. The van der Waals surface area contributed by atoms with Crippen LogP contribution in [0.5, 0.6) is 0 Å². The molecule has 0 saturated carbocycles. The second-order valence-electron chi connectivity index (χ2n) is 7.81. The highest BCUT2D eigenvalue weighted by atomic mass is 32.1. The van der Waals surface area contributed by atoms with E-state index in [1.54, 1.807) is 11.3 Å². The van der Waals surface area contributed by atoms with Crippen molar-refractivity contribution in [1.29, 1.82) is 0 Å². The molecule has 0 spiro atoms. The Kier molecular flexibility index (Phi) is 5.11. The summed E-state index contributed by atoms with van der Waals surface area (Å²) in [5.74, 6) is 0.748. The maximum absolute atomic E-state index is 12.6. The van der Waals surface area contributed by atoms with Gasteiger partial charge in [0, 0.05) is 36.7 Å². The van der Waals surface area contributed by atoms with E-state index in [9.17, 15) is 4.79 Å². The van der Waals surface area contributed by atoms with Crippen molar-refractivity contribution in [3.05, 3.63) is 82.4 Å². The molecule has 0 bridgehead atoms. The molecular formula is C24H24N4OS. The van der Waals surface area contributed by atoms with Crippen molar-refractivity contribution in [2.75, 3.05) is 31.1 Å². The van der Waals surface area contributed by atoms with Gasteiger partial charge in [0.1, 0.15) is 10.7 Å². The summed E-state index contributed by atoms with van der Waals surface area (Å²) >= 11 is 1.58. The molecule has 2 aromatic carbocycles. The van der Waals surface area contributed by atoms with Crippen LogP contribution in [-0.2, 0) is 6.54 Å². The minimum atomic E-state index is -0.0492. The van der Waals surface area contributed by atoms with Crippen LogP contribution in [0.1, 0.15) is 11.4 Å². The van der Waals surface area contributed by atoms with E-state index < -0.39 is 0 Å². The number of hydrogen-bond acceptors (Lipinski definition) is 5. The molecule has 1 aliphatic heterocycles. The van der Waals surface area contributed by atoms with Crippen LogP contribution in [-0.4, -0.2) is 41.0 Å². The lowest BCUT2D eigenvalue weighted by Gasteiger charge is -2.36. The van der Waals surface area contributed by atoms with Crippen LogP contribution in [0.3, 0.4) is 0 Å². The highest BCUT2D eigenvalue weighted by Crippen LogP contribution is 2.30. The normalized spacial score (nSPS) is 15.0. The van der Waals surface area contributed by atoms with Crippen LogP contribution in [0.25, 0.3) is 20.7 Å². The molecule has 2 aromatic heterocycles. The molecule has 1 saturated heterocycles. The van der Waals surface area contributed by atoms with Crippen molar-refractivity contribution in [2.24, 2.45) is 0 Å². The molecular weight excluding hydrogens is 392 g/mol. The number of anilines is 1. The van der Waals surface area contributed by atoms with E-state index in [-0.39, 0.29) is 5.56 Å². The Morgan fingerprint density at radius 2 is 1.80 bits per heavy atom. The number of fused-ring (bicyclic) bond motifs is 1. The van der Waals surface area contributed by atoms with Crippen molar-refractivity contribution in [2.45, 2.75) is 13.5 Å². The second kappa shape index (κ2) is 8.05. The summed E-state index contributed by atoms with van der Waals surface area (Å²) in [6.07, 6.45) is 0.